The number of nitrogens with zero attached hydrogens (tertiary/aromatic N) is 7. The van der Waals surface area contributed by atoms with E-state index in [0.717, 1.165) is 125 Å². The summed E-state index contributed by atoms with van der Waals surface area (Å²) in [5.41, 5.74) is 5.96. The van der Waals surface area contributed by atoms with Crippen LogP contribution < -0.4 is 35.8 Å². The number of pyridine rings is 1. The number of methoxy groups -OCH3 is 1. The van der Waals surface area contributed by atoms with Crippen LogP contribution in [0.3, 0.4) is 0 Å². The monoisotopic (exact) mass is 1070 g/mol. The maximum atomic E-state index is 15.2. The molecule has 5 aromatic rings. The summed E-state index contributed by atoms with van der Waals surface area (Å²) >= 11 is 3.64. The van der Waals surface area contributed by atoms with E-state index in [4.69, 9.17) is 14.7 Å². The molecule has 1 atom stereocenters. The van der Waals surface area contributed by atoms with Gasteiger partial charge in [0.15, 0.2) is 0 Å². The van der Waals surface area contributed by atoms with Crippen LogP contribution in [0, 0.1) is 17.6 Å². The molecule has 6 heterocycles. The second kappa shape index (κ2) is 22.1. The molecule has 0 radical (unpaired) electrons. The standard InChI is InChI=1S/C54H68BrF2N10O4P/c1-7-35-28-46(61-54-58-32-40(55)52(63-54)60-45-12-11-44-38(51(45)72(5,6)70)8-10-43(59-44)33(2)3)48(71-4)31-47(35)67-22-17-36(18-23-67)66-26-24-64(25-27-66)19-14-34-15-20-65(21-16-34)37-29-41(56)50(42(57)30-37)39-9-13-49(68)62-53(39)69/h8,10-12,28-34,36,39H,7,9,13-27H2,1-6H3,(H,62,68,69)(H2,58,60,61,63). The van der Waals surface area contributed by atoms with Gasteiger partial charge in [-0.15, -0.1) is 0 Å². The van der Waals surface area contributed by atoms with Crippen molar-refractivity contribution >= 4 is 85.6 Å². The zero-order valence-electron chi connectivity index (χ0n) is 42.4. The Morgan fingerprint density at radius 3 is 2.22 bits per heavy atom. The lowest BCUT2D eigenvalue weighted by molar-refractivity contribution is -0.134. The van der Waals surface area contributed by atoms with Crippen LogP contribution >= 0.6 is 23.1 Å². The third-order valence-corrected chi connectivity index (χ3v) is 17.4. The third kappa shape index (κ3) is 11.4. The van der Waals surface area contributed by atoms with E-state index in [0.29, 0.717) is 45.3 Å². The average molecular weight is 1070 g/mol. The molecule has 14 nitrogen and oxygen atoms in total. The zero-order chi connectivity index (χ0) is 50.8. The van der Waals surface area contributed by atoms with Crippen LogP contribution in [0.4, 0.5) is 43.3 Å². The molecule has 0 saturated carbocycles. The first-order valence-electron chi connectivity index (χ1n) is 25.6. The van der Waals surface area contributed by atoms with Crippen LogP contribution in [0.5, 0.6) is 5.75 Å². The minimum Gasteiger partial charge on any atom is -0.494 e. The Kier molecular flexibility index (Phi) is 15.9. The van der Waals surface area contributed by atoms with Crippen LogP contribution in [0.25, 0.3) is 10.9 Å². The van der Waals surface area contributed by atoms with Gasteiger partial charge in [-0.3, -0.25) is 24.8 Å². The number of hydrogen-bond acceptors (Lipinski definition) is 13. The highest BCUT2D eigenvalue weighted by atomic mass is 79.9. The van der Waals surface area contributed by atoms with Crippen LogP contribution in [0.2, 0.25) is 0 Å². The summed E-state index contributed by atoms with van der Waals surface area (Å²) in [5.74, 6) is -1.02. The summed E-state index contributed by atoms with van der Waals surface area (Å²) in [6.45, 7) is 18.7. The Bertz CT molecular complexity index is 2840. The maximum Gasteiger partial charge on any atom is 0.234 e. The summed E-state index contributed by atoms with van der Waals surface area (Å²) in [5, 5.41) is 10.7. The molecule has 3 aromatic carbocycles. The number of hydrogen-bond donors (Lipinski definition) is 3. The number of benzene rings is 3. The number of aryl methyl sites for hydroxylation is 1. The zero-order valence-corrected chi connectivity index (χ0v) is 44.9. The number of nitrogens with one attached hydrogen (secondary N) is 3. The third-order valence-electron chi connectivity index (χ3n) is 15.2. The number of halogens is 3. The molecule has 72 heavy (non-hydrogen) atoms. The van der Waals surface area contributed by atoms with E-state index in [1.54, 1.807) is 26.6 Å². The fourth-order valence-electron chi connectivity index (χ4n) is 11.2. The summed E-state index contributed by atoms with van der Waals surface area (Å²) in [6.07, 6.45) is 7.98. The van der Waals surface area contributed by atoms with Gasteiger partial charge in [-0.1, -0.05) is 26.8 Å². The molecule has 384 valence electrons. The van der Waals surface area contributed by atoms with Gasteiger partial charge in [-0.25, -0.2) is 13.8 Å². The largest absolute Gasteiger partial charge is 0.494 e. The molecule has 2 aromatic heterocycles. The maximum absolute atomic E-state index is 15.2. The number of piperidine rings is 3. The van der Waals surface area contributed by atoms with Gasteiger partial charge < -0.3 is 34.6 Å². The Hall–Kier alpha value is -5.22. The fraction of sp³-hybridized carbons (Fsp3) is 0.500. The minimum absolute atomic E-state index is 0.0708. The van der Waals surface area contributed by atoms with E-state index < -0.39 is 36.5 Å². The molecular weight excluding hydrogens is 1000 g/mol. The molecule has 4 fully saturated rings. The number of carbonyl (C=O) groups excluding carboxylic acids is 2. The van der Waals surface area contributed by atoms with Crippen molar-refractivity contribution in [3.63, 3.8) is 0 Å². The summed E-state index contributed by atoms with van der Waals surface area (Å²) in [7, 11) is -1.07. The molecule has 0 aliphatic carbocycles. The van der Waals surface area contributed by atoms with Crippen LogP contribution in [-0.4, -0.2) is 122 Å². The predicted octanol–water partition coefficient (Wildman–Crippen LogP) is 9.91. The highest BCUT2D eigenvalue weighted by Gasteiger charge is 2.34. The lowest BCUT2D eigenvalue weighted by Gasteiger charge is -2.44. The first-order chi connectivity index (χ1) is 34.6. The molecule has 18 heteroatoms. The van der Waals surface area contributed by atoms with E-state index in [1.807, 2.05) is 29.2 Å². The van der Waals surface area contributed by atoms with Crippen molar-refractivity contribution in [1.29, 1.82) is 0 Å². The predicted molar refractivity (Wildman–Crippen MR) is 288 cm³/mol. The van der Waals surface area contributed by atoms with Crippen LogP contribution in [-0.2, 0) is 20.6 Å². The van der Waals surface area contributed by atoms with Gasteiger partial charge >= 0.3 is 0 Å². The van der Waals surface area contributed by atoms with Crippen LogP contribution in [0.15, 0.2) is 59.2 Å². The molecular formula is C54H68BrF2N10O4P. The van der Waals surface area contributed by atoms with Crippen molar-refractivity contribution < 1.29 is 27.7 Å². The van der Waals surface area contributed by atoms with E-state index in [9.17, 15) is 14.2 Å². The first-order valence-corrected chi connectivity index (χ1v) is 29.0. The smallest absolute Gasteiger partial charge is 0.234 e. The van der Waals surface area contributed by atoms with Crippen LogP contribution in [0.1, 0.15) is 94.4 Å². The Morgan fingerprint density at radius 2 is 1.57 bits per heavy atom. The Morgan fingerprint density at radius 1 is 0.861 bits per heavy atom. The second-order valence-electron chi connectivity index (χ2n) is 20.6. The quantitative estimate of drug-likeness (QED) is 0.0676. The van der Waals surface area contributed by atoms with Gasteiger partial charge in [-0.2, -0.15) is 4.98 Å². The minimum atomic E-state index is -2.76. The molecule has 0 spiro atoms. The molecule has 9 rings (SSSR count). The molecule has 1 unspecified atom stereocenters. The SMILES string of the molecule is CCc1cc(Nc2ncc(Br)c(Nc3ccc4nc(C(C)C)ccc4c3P(C)(C)=O)n2)c(OC)cc1N1CCC(N2CCN(CCC3CCN(c4cc(F)c(C5CCC(=O)NC5=O)c(F)c4)CC3)CC2)CC1. The molecule has 3 N–H and O–H groups in total. The van der Waals surface area contributed by atoms with Crippen molar-refractivity contribution in [3.8, 4) is 5.75 Å². The Balaban J connectivity index is 0.758. The van der Waals surface area contributed by atoms with Crippen molar-refractivity contribution in [3.05, 3.63) is 87.7 Å². The highest BCUT2D eigenvalue weighted by molar-refractivity contribution is 9.10. The fourth-order valence-corrected chi connectivity index (χ4v) is 12.9. The van der Waals surface area contributed by atoms with Gasteiger partial charge in [0.2, 0.25) is 17.8 Å². The summed E-state index contributed by atoms with van der Waals surface area (Å²) in [6, 6.07) is 15.5. The summed E-state index contributed by atoms with van der Waals surface area (Å²) < 4.78 is 51.0. The number of piperazine rings is 1. The van der Waals surface area contributed by atoms with E-state index in [1.165, 1.54) is 23.4 Å². The Labute approximate surface area is 430 Å². The second-order valence-corrected chi connectivity index (χ2v) is 24.6. The van der Waals surface area contributed by atoms with Gasteiger partial charge in [0.1, 0.15) is 30.3 Å². The van der Waals surface area contributed by atoms with Gasteiger partial charge in [0.25, 0.3) is 0 Å². The van der Waals surface area contributed by atoms with E-state index in [2.05, 4.69) is 84.5 Å². The number of rotatable bonds is 15. The topological polar surface area (TPSA) is 148 Å². The average Bonchev–Trinajstić information content (AvgIpc) is 3.36. The number of ether oxygens (including phenoxy) is 1. The number of anilines is 6. The van der Waals surface area contributed by atoms with Crippen molar-refractivity contribution in [2.45, 2.75) is 90.0 Å². The van der Waals surface area contributed by atoms with E-state index >= 15 is 8.78 Å². The molecule has 4 aliphatic heterocycles. The van der Waals surface area contributed by atoms with Gasteiger partial charge in [0, 0.05) is 110 Å². The number of imide groups is 1. The van der Waals surface area contributed by atoms with Crippen molar-refractivity contribution in [1.82, 2.24) is 30.1 Å². The highest BCUT2D eigenvalue weighted by Crippen LogP contribution is 2.43. The summed E-state index contributed by atoms with van der Waals surface area (Å²) in [4.78, 5) is 48.1. The van der Waals surface area contributed by atoms with Gasteiger partial charge in [-0.05, 0) is 135 Å². The molecule has 2 amide bonds. The number of aromatic nitrogens is 3. The number of fused-ring (bicyclic) bond motifs is 1. The lowest BCUT2D eigenvalue weighted by Crippen LogP contribution is -2.53. The van der Waals surface area contributed by atoms with Crippen molar-refractivity contribution in [2.24, 2.45) is 5.92 Å². The number of carbonyl (C=O) groups is 2. The van der Waals surface area contributed by atoms with Crippen molar-refractivity contribution in [2.75, 3.05) is 99.8 Å². The first kappa shape index (κ1) is 51.7. The molecule has 4 aliphatic rings. The normalized spacial score (nSPS) is 19.1. The van der Waals surface area contributed by atoms with Gasteiger partial charge in [0.05, 0.1) is 34.4 Å². The lowest BCUT2D eigenvalue weighted by atomic mass is 9.89. The number of amides is 2. The molecule has 0 bridgehead atoms. The van der Waals surface area contributed by atoms with E-state index in [-0.39, 0.29) is 24.3 Å². The molecule has 4 saturated heterocycles.